The summed E-state index contributed by atoms with van der Waals surface area (Å²) in [4.78, 5) is 0. The summed E-state index contributed by atoms with van der Waals surface area (Å²) in [6, 6.07) is 9.21. The lowest BCUT2D eigenvalue weighted by molar-refractivity contribution is -0.0776. The van der Waals surface area contributed by atoms with Crippen LogP contribution in [0.4, 0.5) is 0 Å². The number of aryl methyl sites for hydroxylation is 2. The van der Waals surface area contributed by atoms with E-state index >= 15 is 0 Å². The molecule has 1 N–H and O–H groups in total. The molecule has 0 aromatic heterocycles. The average molecular weight is 289 g/mol. The van der Waals surface area contributed by atoms with Crippen molar-refractivity contribution in [3.05, 3.63) is 35.4 Å². The standard InChI is InChI=1S/C19H31NO/c1-14-9-7-8-10-15(14)11-12-17(20-6)16-13-18(2,3)21-19(16,4)5/h7-10,16-17,20H,11-13H2,1-6H3. The number of hydrogen-bond donors (Lipinski definition) is 1. The molecule has 1 aliphatic rings. The summed E-state index contributed by atoms with van der Waals surface area (Å²) in [5.74, 6) is 0.557. The molecule has 2 rings (SSSR count). The van der Waals surface area contributed by atoms with Gasteiger partial charge in [0.05, 0.1) is 11.2 Å². The lowest BCUT2D eigenvalue weighted by Crippen LogP contribution is -2.43. The second-order valence-electron chi connectivity index (χ2n) is 7.64. The minimum Gasteiger partial charge on any atom is -0.369 e. The van der Waals surface area contributed by atoms with Crippen LogP contribution in [-0.2, 0) is 11.2 Å². The fourth-order valence-electron chi connectivity index (χ4n) is 3.98. The first kappa shape index (κ1) is 16.5. The number of hydrogen-bond acceptors (Lipinski definition) is 2. The Hall–Kier alpha value is -0.860. The Balaban J connectivity index is 2.05. The third-order valence-electron chi connectivity index (χ3n) is 4.99. The van der Waals surface area contributed by atoms with Crippen LogP contribution in [0.2, 0.25) is 0 Å². The van der Waals surface area contributed by atoms with Crippen molar-refractivity contribution >= 4 is 0 Å². The van der Waals surface area contributed by atoms with Gasteiger partial charge in [-0.1, -0.05) is 24.3 Å². The second kappa shape index (κ2) is 6.10. The van der Waals surface area contributed by atoms with E-state index < -0.39 is 0 Å². The zero-order chi connectivity index (χ0) is 15.7. The van der Waals surface area contributed by atoms with E-state index in [4.69, 9.17) is 4.74 Å². The quantitative estimate of drug-likeness (QED) is 0.881. The summed E-state index contributed by atoms with van der Waals surface area (Å²) in [7, 11) is 2.09. The number of rotatable bonds is 5. The van der Waals surface area contributed by atoms with Crippen LogP contribution in [0.3, 0.4) is 0 Å². The second-order valence-corrected chi connectivity index (χ2v) is 7.64. The van der Waals surface area contributed by atoms with E-state index in [9.17, 15) is 0 Å². The van der Waals surface area contributed by atoms with Crippen LogP contribution in [0.1, 0.15) is 51.7 Å². The van der Waals surface area contributed by atoms with Gasteiger partial charge in [-0.25, -0.2) is 0 Å². The Morgan fingerprint density at radius 2 is 1.90 bits per heavy atom. The van der Waals surface area contributed by atoms with Crippen LogP contribution in [0.15, 0.2) is 24.3 Å². The first-order valence-corrected chi connectivity index (χ1v) is 8.17. The maximum absolute atomic E-state index is 6.27. The molecule has 0 amide bonds. The molecule has 21 heavy (non-hydrogen) atoms. The van der Waals surface area contributed by atoms with Crippen molar-refractivity contribution in [3.8, 4) is 0 Å². The summed E-state index contributed by atoms with van der Waals surface area (Å²) in [5.41, 5.74) is 2.80. The summed E-state index contributed by atoms with van der Waals surface area (Å²) < 4.78 is 6.27. The molecular formula is C19H31NO. The molecule has 2 heteroatoms. The van der Waals surface area contributed by atoms with E-state index in [0.29, 0.717) is 12.0 Å². The third-order valence-corrected chi connectivity index (χ3v) is 4.99. The molecule has 0 spiro atoms. The molecule has 0 bridgehead atoms. The van der Waals surface area contributed by atoms with Gasteiger partial charge in [-0.05, 0) is 72.1 Å². The van der Waals surface area contributed by atoms with Crippen LogP contribution in [0.25, 0.3) is 0 Å². The molecule has 118 valence electrons. The van der Waals surface area contributed by atoms with Crippen LogP contribution < -0.4 is 5.32 Å². The van der Waals surface area contributed by atoms with E-state index in [1.54, 1.807) is 0 Å². The first-order chi connectivity index (χ1) is 9.75. The van der Waals surface area contributed by atoms with Crippen LogP contribution in [0, 0.1) is 12.8 Å². The average Bonchev–Trinajstić information content (AvgIpc) is 2.60. The normalized spacial score (nSPS) is 25.0. The molecule has 1 heterocycles. The molecule has 1 aromatic rings. The van der Waals surface area contributed by atoms with Gasteiger partial charge in [-0.2, -0.15) is 0 Å². The minimum absolute atomic E-state index is 0.00801. The van der Waals surface area contributed by atoms with Gasteiger partial charge in [0.15, 0.2) is 0 Å². The van der Waals surface area contributed by atoms with Gasteiger partial charge in [0.2, 0.25) is 0 Å². The minimum atomic E-state index is -0.0527. The van der Waals surface area contributed by atoms with Crippen molar-refractivity contribution in [2.24, 2.45) is 5.92 Å². The van der Waals surface area contributed by atoms with Crippen molar-refractivity contribution in [1.82, 2.24) is 5.32 Å². The number of benzene rings is 1. The smallest absolute Gasteiger partial charge is 0.0677 e. The number of nitrogens with one attached hydrogen (secondary N) is 1. The van der Waals surface area contributed by atoms with Crippen LogP contribution in [-0.4, -0.2) is 24.3 Å². The molecular weight excluding hydrogens is 258 g/mol. The largest absolute Gasteiger partial charge is 0.369 e. The monoisotopic (exact) mass is 289 g/mol. The van der Waals surface area contributed by atoms with Gasteiger partial charge in [-0.3, -0.25) is 0 Å². The number of ether oxygens (including phenoxy) is 1. The molecule has 1 saturated heterocycles. The van der Waals surface area contributed by atoms with Crippen molar-refractivity contribution in [2.75, 3.05) is 7.05 Å². The Morgan fingerprint density at radius 1 is 1.24 bits per heavy atom. The highest BCUT2D eigenvalue weighted by Gasteiger charge is 2.48. The summed E-state index contributed by atoms with van der Waals surface area (Å²) >= 11 is 0. The molecule has 2 unspecified atom stereocenters. The summed E-state index contributed by atoms with van der Waals surface area (Å²) in [6.07, 6.45) is 3.42. The van der Waals surface area contributed by atoms with E-state index in [1.165, 1.54) is 11.1 Å². The van der Waals surface area contributed by atoms with E-state index in [1.807, 2.05) is 0 Å². The molecule has 0 radical (unpaired) electrons. The zero-order valence-electron chi connectivity index (χ0n) is 14.5. The molecule has 0 saturated carbocycles. The Labute approximate surface area is 130 Å². The molecule has 2 atom stereocenters. The lowest BCUT2D eigenvalue weighted by atomic mass is 9.79. The van der Waals surface area contributed by atoms with Crippen molar-refractivity contribution < 1.29 is 4.74 Å². The molecule has 1 fully saturated rings. The predicted molar refractivity (Wildman–Crippen MR) is 89.7 cm³/mol. The van der Waals surface area contributed by atoms with Gasteiger partial charge in [0, 0.05) is 12.0 Å². The SMILES string of the molecule is CNC(CCc1ccccc1C)C1CC(C)(C)OC1(C)C. The summed E-state index contributed by atoms with van der Waals surface area (Å²) in [5, 5.41) is 3.55. The van der Waals surface area contributed by atoms with Crippen LogP contribution in [0.5, 0.6) is 0 Å². The lowest BCUT2D eigenvalue weighted by Gasteiger charge is -2.33. The molecule has 1 aromatic carbocycles. The van der Waals surface area contributed by atoms with Crippen LogP contribution >= 0.6 is 0 Å². The van der Waals surface area contributed by atoms with Crippen molar-refractivity contribution in [2.45, 2.75) is 71.1 Å². The van der Waals surface area contributed by atoms with Gasteiger partial charge in [0.1, 0.15) is 0 Å². The maximum Gasteiger partial charge on any atom is 0.0677 e. The Morgan fingerprint density at radius 3 is 2.43 bits per heavy atom. The fourth-order valence-corrected chi connectivity index (χ4v) is 3.98. The molecule has 0 aliphatic carbocycles. The zero-order valence-corrected chi connectivity index (χ0v) is 14.5. The van der Waals surface area contributed by atoms with Gasteiger partial charge in [-0.15, -0.1) is 0 Å². The third kappa shape index (κ3) is 3.87. The van der Waals surface area contributed by atoms with Gasteiger partial charge in [0.25, 0.3) is 0 Å². The van der Waals surface area contributed by atoms with E-state index in [-0.39, 0.29) is 11.2 Å². The first-order valence-electron chi connectivity index (χ1n) is 8.17. The highest BCUT2D eigenvalue weighted by molar-refractivity contribution is 5.25. The van der Waals surface area contributed by atoms with E-state index in [2.05, 4.69) is 71.2 Å². The van der Waals surface area contributed by atoms with Crippen molar-refractivity contribution in [3.63, 3.8) is 0 Å². The molecule has 1 aliphatic heterocycles. The topological polar surface area (TPSA) is 21.3 Å². The van der Waals surface area contributed by atoms with E-state index in [0.717, 1.165) is 19.3 Å². The highest BCUT2D eigenvalue weighted by Crippen LogP contribution is 2.44. The Kier molecular flexibility index (Phi) is 4.79. The van der Waals surface area contributed by atoms with Gasteiger partial charge < -0.3 is 10.1 Å². The van der Waals surface area contributed by atoms with Gasteiger partial charge >= 0.3 is 0 Å². The molecule has 2 nitrogen and oxygen atoms in total. The maximum atomic E-state index is 6.27. The fraction of sp³-hybridized carbons (Fsp3) is 0.684. The predicted octanol–water partition coefficient (Wildman–Crippen LogP) is 4.11. The summed E-state index contributed by atoms with van der Waals surface area (Å²) in [6.45, 7) is 11.1. The van der Waals surface area contributed by atoms with Crippen molar-refractivity contribution in [1.29, 1.82) is 0 Å². The Bertz CT molecular complexity index is 478. The highest BCUT2D eigenvalue weighted by atomic mass is 16.5.